The van der Waals surface area contributed by atoms with Crippen molar-refractivity contribution in [2.75, 3.05) is 29.2 Å². The molecule has 0 aromatic heterocycles. The predicted molar refractivity (Wildman–Crippen MR) is 127 cm³/mol. The molecule has 1 fully saturated rings. The van der Waals surface area contributed by atoms with E-state index in [4.69, 9.17) is 21.3 Å². The summed E-state index contributed by atoms with van der Waals surface area (Å²) in [7, 11) is 0. The minimum absolute atomic E-state index is 0.160. The fraction of sp³-hybridized carbons (Fsp3) is 0.375. The van der Waals surface area contributed by atoms with Crippen LogP contribution in [0.1, 0.15) is 37.8 Å². The number of aliphatic imine (C=N–C) groups is 1. The number of ether oxygens (including phenoxy) is 1. The summed E-state index contributed by atoms with van der Waals surface area (Å²) >= 11 is 6.14. The van der Waals surface area contributed by atoms with E-state index in [2.05, 4.69) is 16.0 Å². The number of carbonyl (C=O) groups excluding carboxylic acids is 2. The van der Waals surface area contributed by atoms with E-state index in [-0.39, 0.29) is 17.2 Å². The third-order valence-corrected chi connectivity index (χ3v) is 6.14. The van der Waals surface area contributed by atoms with E-state index >= 15 is 0 Å². The van der Waals surface area contributed by atoms with Crippen LogP contribution in [0.25, 0.3) is 0 Å². The second-order valence-electron chi connectivity index (χ2n) is 8.41. The quantitative estimate of drug-likeness (QED) is 0.628. The third-order valence-electron chi connectivity index (χ3n) is 5.91. The summed E-state index contributed by atoms with van der Waals surface area (Å²) in [5.74, 6) is 0.530. The second kappa shape index (κ2) is 9.30. The van der Waals surface area contributed by atoms with Crippen LogP contribution in [0.5, 0.6) is 0 Å². The SMILES string of the molecule is CC(=O)Nc1cc2c(cc1NC(C)=O)NC(=NCc1cccc(Cl)c1)C1(CCOCC1)C2. The molecule has 4 rings (SSSR count). The molecule has 8 heteroatoms. The van der Waals surface area contributed by atoms with Crippen LogP contribution in [0.15, 0.2) is 41.4 Å². The van der Waals surface area contributed by atoms with Crippen LogP contribution in [0.2, 0.25) is 5.02 Å². The third kappa shape index (κ3) is 4.95. The molecule has 1 spiro atoms. The maximum atomic E-state index is 11.7. The Balaban J connectivity index is 1.72. The monoisotopic (exact) mass is 454 g/mol. The van der Waals surface area contributed by atoms with Gasteiger partial charge in [-0.2, -0.15) is 0 Å². The first-order valence-corrected chi connectivity index (χ1v) is 11.1. The molecule has 0 radical (unpaired) electrons. The van der Waals surface area contributed by atoms with Crippen molar-refractivity contribution in [3.05, 3.63) is 52.5 Å². The highest BCUT2D eigenvalue weighted by Gasteiger charge is 2.42. The van der Waals surface area contributed by atoms with Crippen molar-refractivity contribution in [1.29, 1.82) is 0 Å². The molecule has 1 saturated heterocycles. The second-order valence-corrected chi connectivity index (χ2v) is 8.84. The molecule has 0 bridgehead atoms. The molecule has 2 aromatic carbocycles. The van der Waals surface area contributed by atoms with Gasteiger partial charge in [0.05, 0.1) is 17.9 Å². The van der Waals surface area contributed by atoms with Gasteiger partial charge in [-0.3, -0.25) is 14.6 Å². The topological polar surface area (TPSA) is 91.8 Å². The van der Waals surface area contributed by atoms with E-state index in [0.717, 1.165) is 41.9 Å². The minimum atomic E-state index is -0.205. The molecule has 7 nitrogen and oxygen atoms in total. The molecule has 0 aliphatic carbocycles. The molecule has 0 saturated carbocycles. The van der Waals surface area contributed by atoms with Gasteiger partial charge in [0, 0.05) is 43.2 Å². The number of rotatable bonds is 4. The van der Waals surface area contributed by atoms with Gasteiger partial charge in [0.15, 0.2) is 0 Å². The van der Waals surface area contributed by atoms with E-state index in [9.17, 15) is 9.59 Å². The molecule has 2 aliphatic rings. The van der Waals surface area contributed by atoms with E-state index in [1.54, 1.807) is 0 Å². The first-order valence-electron chi connectivity index (χ1n) is 10.7. The summed E-state index contributed by atoms with van der Waals surface area (Å²) in [6.07, 6.45) is 2.49. The van der Waals surface area contributed by atoms with Gasteiger partial charge >= 0.3 is 0 Å². The lowest BCUT2D eigenvalue weighted by Gasteiger charge is -2.42. The van der Waals surface area contributed by atoms with Crippen molar-refractivity contribution < 1.29 is 14.3 Å². The summed E-state index contributed by atoms with van der Waals surface area (Å²) in [6.45, 7) is 4.77. The smallest absolute Gasteiger partial charge is 0.221 e. The lowest BCUT2D eigenvalue weighted by atomic mass is 9.71. The number of nitrogens with one attached hydrogen (secondary N) is 3. The van der Waals surface area contributed by atoms with Gasteiger partial charge in [-0.15, -0.1) is 0 Å². The van der Waals surface area contributed by atoms with E-state index in [1.807, 2.05) is 36.4 Å². The molecule has 2 aliphatic heterocycles. The normalized spacial score (nSPS) is 18.0. The number of halogens is 1. The van der Waals surface area contributed by atoms with Crippen LogP contribution in [-0.2, 0) is 27.3 Å². The summed E-state index contributed by atoms with van der Waals surface area (Å²) < 4.78 is 5.65. The fourth-order valence-electron chi connectivity index (χ4n) is 4.39. The fourth-order valence-corrected chi connectivity index (χ4v) is 4.60. The Morgan fingerprint density at radius 2 is 1.78 bits per heavy atom. The molecular weight excluding hydrogens is 428 g/mol. The van der Waals surface area contributed by atoms with E-state index in [1.165, 1.54) is 13.8 Å². The standard InChI is InChI=1S/C24H27ClN4O3/c1-15(30)27-21-11-18-13-24(6-8-32-9-7-24)23(26-14-17-4-3-5-19(25)10-17)29-20(18)12-22(21)28-16(2)31/h3-5,10-12H,6-9,13-14H2,1-2H3,(H,26,29)(H,27,30)(H,28,31). The van der Waals surface area contributed by atoms with Crippen molar-refractivity contribution in [1.82, 2.24) is 0 Å². The molecule has 2 amide bonds. The number of anilines is 3. The Morgan fingerprint density at radius 1 is 1.09 bits per heavy atom. The molecule has 168 valence electrons. The van der Waals surface area contributed by atoms with Crippen molar-refractivity contribution in [3.63, 3.8) is 0 Å². The Labute approximate surface area is 192 Å². The van der Waals surface area contributed by atoms with Crippen LogP contribution in [0, 0.1) is 5.41 Å². The average molecular weight is 455 g/mol. The summed E-state index contributed by atoms with van der Waals surface area (Å²) in [5, 5.41) is 9.87. The molecule has 2 aromatic rings. The molecule has 3 N–H and O–H groups in total. The molecule has 0 atom stereocenters. The van der Waals surface area contributed by atoms with Crippen LogP contribution in [-0.4, -0.2) is 30.9 Å². The maximum absolute atomic E-state index is 11.7. The molecule has 0 unspecified atom stereocenters. The lowest BCUT2D eigenvalue weighted by molar-refractivity contribution is -0.115. The highest BCUT2D eigenvalue weighted by atomic mass is 35.5. The van der Waals surface area contributed by atoms with Gasteiger partial charge < -0.3 is 20.7 Å². The van der Waals surface area contributed by atoms with Crippen molar-refractivity contribution in [2.24, 2.45) is 10.4 Å². The van der Waals surface area contributed by atoms with Gasteiger partial charge in [0.1, 0.15) is 5.84 Å². The van der Waals surface area contributed by atoms with Crippen molar-refractivity contribution >= 4 is 46.3 Å². The van der Waals surface area contributed by atoms with E-state index in [0.29, 0.717) is 36.2 Å². The number of carbonyl (C=O) groups is 2. The van der Waals surface area contributed by atoms with Crippen molar-refractivity contribution in [3.8, 4) is 0 Å². The highest BCUT2D eigenvalue weighted by molar-refractivity contribution is 6.30. The van der Waals surface area contributed by atoms with Gasteiger partial charge in [0.2, 0.25) is 11.8 Å². The number of amidine groups is 1. The Kier molecular flexibility index (Phi) is 6.48. The number of hydrogen-bond donors (Lipinski definition) is 3. The first kappa shape index (κ1) is 22.3. The zero-order valence-corrected chi connectivity index (χ0v) is 19.0. The van der Waals surface area contributed by atoms with Gasteiger partial charge in [-0.1, -0.05) is 23.7 Å². The number of amides is 2. The van der Waals surface area contributed by atoms with Crippen LogP contribution in [0.3, 0.4) is 0 Å². The zero-order chi connectivity index (χ0) is 22.7. The largest absolute Gasteiger partial charge is 0.381 e. The predicted octanol–water partition coefficient (Wildman–Crippen LogP) is 4.62. The molecular formula is C24H27ClN4O3. The number of fused-ring (bicyclic) bond motifs is 1. The highest BCUT2D eigenvalue weighted by Crippen LogP contribution is 2.44. The molecule has 2 heterocycles. The van der Waals surface area contributed by atoms with Crippen LogP contribution < -0.4 is 16.0 Å². The van der Waals surface area contributed by atoms with Crippen LogP contribution in [0.4, 0.5) is 17.1 Å². The van der Waals surface area contributed by atoms with Crippen LogP contribution >= 0.6 is 11.6 Å². The first-order chi connectivity index (χ1) is 15.3. The summed E-state index contributed by atoms with van der Waals surface area (Å²) in [5.41, 5.74) is 3.98. The Hall–Kier alpha value is -2.90. The average Bonchev–Trinajstić information content (AvgIpc) is 2.73. The minimum Gasteiger partial charge on any atom is -0.381 e. The number of hydrogen-bond acceptors (Lipinski definition) is 4. The Morgan fingerprint density at radius 3 is 2.44 bits per heavy atom. The summed E-state index contributed by atoms with van der Waals surface area (Å²) in [4.78, 5) is 28.4. The lowest BCUT2D eigenvalue weighted by Crippen LogP contribution is -2.46. The summed E-state index contributed by atoms with van der Waals surface area (Å²) in [6, 6.07) is 11.5. The van der Waals surface area contributed by atoms with Crippen molar-refractivity contribution in [2.45, 2.75) is 39.7 Å². The molecule has 32 heavy (non-hydrogen) atoms. The van der Waals surface area contributed by atoms with E-state index < -0.39 is 0 Å². The zero-order valence-electron chi connectivity index (χ0n) is 18.3. The Bertz CT molecular complexity index is 1080. The van der Waals surface area contributed by atoms with Gasteiger partial charge in [0.25, 0.3) is 0 Å². The maximum Gasteiger partial charge on any atom is 0.221 e. The number of nitrogens with zero attached hydrogens (tertiary/aromatic N) is 1. The van der Waals surface area contributed by atoms with Gasteiger partial charge in [-0.25, -0.2) is 0 Å². The number of benzene rings is 2. The van der Waals surface area contributed by atoms with Gasteiger partial charge in [-0.05, 0) is 54.7 Å².